The number of aromatic amines is 1. The Morgan fingerprint density at radius 3 is 2.15 bits per heavy atom. The zero-order valence-corrected chi connectivity index (χ0v) is 19.4. The fourth-order valence-corrected chi connectivity index (χ4v) is 4.14. The number of carboxylic acids is 1. The van der Waals surface area contributed by atoms with Gasteiger partial charge in [0.1, 0.15) is 6.04 Å². The maximum atomic E-state index is 12.3. The highest BCUT2D eigenvalue weighted by Crippen LogP contribution is 2.20. The minimum absolute atomic E-state index is 0.411. The standard InChI is InChI=1S/C25H26N6O2S/c32-24(33)22(13-8-16-31-23(28-29-25(31)34)19-9-2-1-3-10-19)30(17-20-11-4-6-14-26-20)18-21-12-5-7-15-27-21/h1-7,9-12,14-15,22H,8,13,16-18H2,(H,29,34)(H,32,33)/t22-/m0/s1. The van der Waals surface area contributed by atoms with Crippen molar-refractivity contribution in [2.24, 2.45) is 0 Å². The molecule has 3 aromatic heterocycles. The van der Waals surface area contributed by atoms with E-state index in [4.69, 9.17) is 12.2 Å². The zero-order valence-electron chi connectivity index (χ0n) is 18.6. The fourth-order valence-electron chi connectivity index (χ4n) is 3.91. The average molecular weight is 475 g/mol. The lowest BCUT2D eigenvalue weighted by atomic mass is 10.1. The van der Waals surface area contributed by atoms with Crippen LogP contribution in [-0.2, 0) is 24.4 Å². The molecule has 0 aliphatic carbocycles. The number of aromatic nitrogens is 5. The van der Waals surface area contributed by atoms with Gasteiger partial charge >= 0.3 is 5.97 Å². The third kappa shape index (κ3) is 6.00. The summed E-state index contributed by atoms with van der Waals surface area (Å²) in [5, 5.41) is 17.3. The number of H-pyrrole nitrogens is 1. The van der Waals surface area contributed by atoms with Crippen LogP contribution in [0, 0.1) is 4.77 Å². The number of rotatable bonds is 11. The number of carboxylic acid groups (broad SMARTS) is 1. The first-order valence-electron chi connectivity index (χ1n) is 11.1. The first kappa shape index (κ1) is 23.5. The number of aliphatic carboxylic acids is 1. The van der Waals surface area contributed by atoms with Gasteiger partial charge in [0.2, 0.25) is 0 Å². The number of hydrogen-bond acceptors (Lipinski definition) is 6. The van der Waals surface area contributed by atoms with E-state index in [0.717, 1.165) is 22.8 Å². The molecule has 0 saturated heterocycles. The van der Waals surface area contributed by atoms with Crippen LogP contribution in [0.1, 0.15) is 24.2 Å². The fraction of sp³-hybridized carbons (Fsp3) is 0.240. The van der Waals surface area contributed by atoms with Crippen LogP contribution in [0.4, 0.5) is 0 Å². The molecule has 0 amide bonds. The van der Waals surface area contributed by atoms with Gasteiger partial charge in [-0.25, -0.2) is 0 Å². The number of carbonyl (C=O) groups is 1. The molecule has 1 aromatic carbocycles. The lowest BCUT2D eigenvalue weighted by Crippen LogP contribution is -2.40. The smallest absolute Gasteiger partial charge is 0.320 e. The topological polar surface area (TPSA) is 99.9 Å². The Labute approximate surface area is 202 Å². The summed E-state index contributed by atoms with van der Waals surface area (Å²) in [4.78, 5) is 23.0. The average Bonchev–Trinajstić information content (AvgIpc) is 3.23. The molecule has 0 bridgehead atoms. The second kappa shape index (κ2) is 11.4. The summed E-state index contributed by atoms with van der Waals surface area (Å²) < 4.78 is 2.44. The van der Waals surface area contributed by atoms with Crippen LogP contribution in [0.2, 0.25) is 0 Å². The van der Waals surface area contributed by atoms with Gasteiger partial charge in [-0.3, -0.25) is 24.8 Å². The van der Waals surface area contributed by atoms with Crippen molar-refractivity contribution < 1.29 is 9.90 Å². The van der Waals surface area contributed by atoms with E-state index < -0.39 is 12.0 Å². The molecule has 4 rings (SSSR count). The molecule has 4 aromatic rings. The van der Waals surface area contributed by atoms with Gasteiger partial charge in [-0.05, 0) is 49.3 Å². The maximum Gasteiger partial charge on any atom is 0.320 e. The molecule has 0 aliphatic heterocycles. The first-order valence-corrected chi connectivity index (χ1v) is 11.5. The molecule has 0 fully saturated rings. The van der Waals surface area contributed by atoms with Crippen LogP contribution in [0.3, 0.4) is 0 Å². The summed E-state index contributed by atoms with van der Waals surface area (Å²) in [6.07, 6.45) is 4.49. The Morgan fingerprint density at radius 1 is 0.971 bits per heavy atom. The minimum atomic E-state index is -0.870. The largest absolute Gasteiger partial charge is 0.480 e. The summed E-state index contributed by atoms with van der Waals surface area (Å²) in [6.45, 7) is 1.38. The summed E-state index contributed by atoms with van der Waals surface area (Å²) in [5.41, 5.74) is 2.58. The molecule has 34 heavy (non-hydrogen) atoms. The number of nitrogens with one attached hydrogen (secondary N) is 1. The lowest BCUT2D eigenvalue weighted by Gasteiger charge is -2.28. The van der Waals surface area contributed by atoms with E-state index in [2.05, 4.69) is 20.2 Å². The number of pyridine rings is 2. The van der Waals surface area contributed by atoms with Gasteiger partial charge < -0.3 is 9.67 Å². The third-order valence-corrected chi connectivity index (χ3v) is 5.87. The van der Waals surface area contributed by atoms with Gasteiger partial charge in [0.25, 0.3) is 0 Å². The normalized spacial score (nSPS) is 12.0. The molecule has 2 N–H and O–H groups in total. The molecular weight excluding hydrogens is 448 g/mol. The molecule has 9 heteroatoms. The van der Waals surface area contributed by atoms with Crippen molar-refractivity contribution in [2.75, 3.05) is 0 Å². The van der Waals surface area contributed by atoms with Crippen molar-refractivity contribution in [1.82, 2.24) is 29.6 Å². The molecule has 0 unspecified atom stereocenters. The molecule has 3 heterocycles. The number of nitrogens with zero attached hydrogens (tertiary/aromatic N) is 5. The maximum absolute atomic E-state index is 12.3. The van der Waals surface area contributed by atoms with E-state index in [1.165, 1.54) is 0 Å². The Kier molecular flexibility index (Phi) is 7.90. The Bertz CT molecular complexity index is 1200. The zero-order chi connectivity index (χ0) is 23.8. The van der Waals surface area contributed by atoms with Crippen LogP contribution < -0.4 is 0 Å². The van der Waals surface area contributed by atoms with E-state index in [-0.39, 0.29) is 0 Å². The molecule has 1 atom stereocenters. The monoisotopic (exact) mass is 474 g/mol. The van der Waals surface area contributed by atoms with E-state index in [0.29, 0.717) is 37.2 Å². The van der Waals surface area contributed by atoms with Crippen LogP contribution in [0.25, 0.3) is 11.4 Å². The van der Waals surface area contributed by atoms with Gasteiger partial charge in [-0.1, -0.05) is 42.5 Å². The van der Waals surface area contributed by atoms with Crippen molar-refractivity contribution in [3.05, 3.63) is 95.3 Å². The first-order chi connectivity index (χ1) is 16.6. The Balaban J connectivity index is 1.51. The highest BCUT2D eigenvalue weighted by Gasteiger charge is 2.26. The highest BCUT2D eigenvalue weighted by atomic mass is 32.1. The van der Waals surface area contributed by atoms with E-state index in [9.17, 15) is 9.90 Å². The molecule has 0 radical (unpaired) electrons. The predicted octanol–water partition coefficient (Wildman–Crippen LogP) is 4.33. The Hall–Kier alpha value is -3.69. The summed E-state index contributed by atoms with van der Waals surface area (Å²) >= 11 is 5.43. The van der Waals surface area contributed by atoms with Crippen LogP contribution in [-0.4, -0.2) is 46.8 Å². The molecule has 0 spiro atoms. The van der Waals surface area contributed by atoms with Crippen molar-refractivity contribution >= 4 is 18.2 Å². The highest BCUT2D eigenvalue weighted by molar-refractivity contribution is 7.71. The van der Waals surface area contributed by atoms with Crippen molar-refractivity contribution in [1.29, 1.82) is 0 Å². The third-order valence-electron chi connectivity index (χ3n) is 5.56. The van der Waals surface area contributed by atoms with Crippen molar-refractivity contribution in [3.8, 4) is 11.4 Å². The second-order valence-corrected chi connectivity index (χ2v) is 8.30. The van der Waals surface area contributed by atoms with Gasteiger partial charge in [-0.15, -0.1) is 0 Å². The minimum Gasteiger partial charge on any atom is -0.480 e. The van der Waals surface area contributed by atoms with Crippen molar-refractivity contribution in [3.63, 3.8) is 0 Å². The van der Waals surface area contributed by atoms with Crippen LogP contribution in [0.15, 0.2) is 79.1 Å². The van der Waals surface area contributed by atoms with E-state index in [1.807, 2.05) is 76.2 Å². The summed E-state index contributed by atoms with van der Waals surface area (Å²) in [5.74, 6) is -0.123. The number of benzene rings is 1. The van der Waals surface area contributed by atoms with Gasteiger partial charge in [0, 0.05) is 37.6 Å². The van der Waals surface area contributed by atoms with E-state index in [1.54, 1.807) is 12.4 Å². The molecule has 0 aliphatic rings. The Morgan fingerprint density at radius 2 is 1.59 bits per heavy atom. The predicted molar refractivity (Wildman–Crippen MR) is 131 cm³/mol. The van der Waals surface area contributed by atoms with Crippen LogP contribution >= 0.6 is 12.2 Å². The van der Waals surface area contributed by atoms with Crippen LogP contribution in [0.5, 0.6) is 0 Å². The summed E-state index contributed by atoms with van der Waals surface area (Å²) in [7, 11) is 0. The van der Waals surface area contributed by atoms with Crippen molar-refractivity contribution in [2.45, 2.75) is 38.5 Å². The SMILES string of the molecule is O=C(O)[C@H](CCCn1c(-c2ccccc2)n[nH]c1=S)N(Cc1ccccn1)Cc1ccccn1. The van der Waals surface area contributed by atoms with Gasteiger partial charge in [-0.2, -0.15) is 5.10 Å². The van der Waals surface area contributed by atoms with E-state index >= 15 is 0 Å². The summed E-state index contributed by atoms with van der Waals surface area (Å²) in [6, 6.07) is 20.4. The molecular formula is C25H26N6O2S. The molecule has 174 valence electrons. The number of hydrogen-bond donors (Lipinski definition) is 2. The van der Waals surface area contributed by atoms with Gasteiger partial charge in [0.05, 0.1) is 11.4 Å². The molecule has 0 saturated carbocycles. The quantitative estimate of drug-likeness (QED) is 0.312. The van der Waals surface area contributed by atoms with Gasteiger partial charge in [0.15, 0.2) is 10.6 Å². The second-order valence-electron chi connectivity index (χ2n) is 7.91. The lowest BCUT2D eigenvalue weighted by molar-refractivity contribution is -0.144. The molecule has 8 nitrogen and oxygen atoms in total.